The van der Waals surface area contributed by atoms with Crippen LogP contribution < -0.4 is 4.74 Å². The Labute approximate surface area is 143 Å². The van der Waals surface area contributed by atoms with Gasteiger partial charge >= 0.3 is 0 Å². The number of piperidine rings is 1. The third kappa shape index (κ3) is 3.71. The predicted octanol–water partition coefficient (Wildman–Crippen LogP) is 2.46. The molecule has 2 amide bonds. The molecule has 1 aromatic rings. The minimum absolute atomic E-state index is 0.142. The van der Waals surface area contributed by atoms with E-state index in [1.807, 2.05) is 47.2 Å². The zero-order valence-corrected chi connectivity index (χ0v) is 14.3. The second-order valence-corrected chi connectivity index (χ2v) is 6.67. The minimum atomic E-state index is 0.142. The zero-order chi connectivity index (χ0) is 16.9. The highest BCUT2D eigenvalue weighted by Gasteiger charge is 2.39. The lowest BCUT2D eigenvalue weighted by Crippen LogP contribution is -2.56. The summed E-state index contributed by atoms with van der Waals surface area (Å²) in [5, 5.41) is 0. The maximum Gasteiger partial charge on any atom is 0.226 e. The molecule has 0 bridgehead atoms. The van der Waals surface area contributed by atoms with Crippen LogP contribution in [0.15, 0.2) is 30.3 Å². The summed E-state index contributed by atoms with van der Waals surface area (Å²) >= 11 is 0. The number of para-hydroxylation sites is 1. The van der Waals surface area contributed by atoms with Crippen molar-refractivity contribution < 1.29 is 14.3 Å². The van der Waals surface area contributed by atoms with Crippen LogP contribution in [0.5, 0.6) is 5.75 Å². The van der Waals surface area contributed by atoms with Gasteiger partial charge in [-0.05, 0) is 37.8 Å². The van der Waals surface area contributed by atoms with Crippen molar-refractivity contribution in [3.05, 3.63) is 30.3 Å². The largest absolute Gasteiger partial charge is 0.493 e. The summed E-state index contributed by atoms with van der Waals surface area (Å²) in [7, 11) is 1.89. The van der Waals surface area contributed by atoms with Crippen LogP contribution in [-0.4, -0.2) is 53.9 Å². The molecule has 0 unspecified atom stereocenters. The molecule has 0 N–H and O–H groups in total. The molecule has 0 saturated carbocycles. The molecule has 5 heteroatoms. The van der Waals surface area contributed by atoms with Crippen molar-refractivity contribution in [1.82, 2.24) is 9.80 Å². The summed E-state index contributed by atoms with van der Waals surface area (Å²) < 4.78 is 5.65. The molecule has 2 heterocycles. The van der Waals surface area contributed by atoms with E-state index < -0.39 is 0 Å². The number of fused-ring (bicyclic) bond motifs is 1. The van der Waals surface area contributed by atoms with Crippen molar-refractivity contribution in [3.8, 4) is 5.75 Å². The number of ether oxygens (including phenoxy) is 1. The second kappa shape index (κ2) is 7.69. The van der Waals surface area contributed by atoms with Crippen LogP contribution in [-0.2, 0) is 9.59 Å². The Bertz CT molecular complexity index is 575. The summed E-state index contributed by atoms with van der Waals surface area (Å²) in [6.45, 7) is 1.19. The second-order valence-electron chi connectivity index (χ2n) is 6.67. The quantitative estimate of drug-likeness (QED) is 0.852. The fraction of sp³-hybridized carbons (Fsp3) is 0.579. The van der Waals surface area contributed by atoms with Gasteiger partial charge in [0.25, 0.3) is 0 Å². The van der Waals surface area contributed by atoms with Crippen LogP contribution in [0.3, 0.4) is 0 Å². The van der Waals surface area contributed by atoms with E-state index in [1.165, 1.54) is 0 Å². The molecule has 2 fully saturated rings. The number of rotatable bonds is 4. The number of amides is 2. The van der Waals surface area contributed by atoms with E-state index in [0.29, 0.717) is 19.4 Å². The summed E-state index contributed by atoms with van der Waals surface area (Å²) in [5.41, 5.74) is 0. The standard InChI is InChI=1S/C19H26N2O3/c1-20-16-10-6-13-21(17(16)9-5-11-18(20)22)19(23)12-14-24-15-7-3-2-4-8-15/h2-4,7-8,16-17H,5-6,9-14H2,1H3/t16-,17-/m1/s1. The molecule has 2 aliphatic rings. The van der Waals surface area contributed by atoms with Crippen molar-refractivity contribution in [2.45, 2.75) is 50.6 Å². The van der Waals surface area contributed by atoms with Gasteiger partial charge in [-0.15, -0.1) is 0 Å². The van der Waals surface area contributed by atoms with Gasteiger partial charge < -0.3 is 14.5 Å². The lowest BCUT2D eigenvalue weighted by atomic mass is 9.92. The van der Waals surface area contributed by atoms with Gasteiger partial charge in [0, 0.05) is 20.0 Å². The number of carbonyl (C=O) groups is 2. The van der Waals surface area contributed by atoms with Crippen molar-refractivity contribution in [1.29, 1.82) is 0 Å². The number of likely N-dealkylation sites (N-methyl/N-ethyl adjacent to an activating group) is 1. The van der Waals surface area contributed by atoms with Crippen LogP contribution >= 0.6 is 0 Å². The van der Waals surface area contributed by atoms with Gasteiger partial charge in [-0.1, -0.05) is 18.2 Å². The van der Waals surface area contributed by atoms with Gasteiger partial charge in [-0.25, -0.2) is 0 Å². The number of carbonyl (C=O) groups excluding carboxylic acids is 2. The fourth-order valence-corrected chi connectivity index (χ4v) is 3.89. The Hall–Kier alpha value is -2.04. The summed E-state index contributed by atoms with van der Waals surface area (Å²) in [5.74, 6) is 1.15. The van der Waals surface area contributed by atoms with E-state index >= 15 is 0 Å². The van der Waals surface area contributed by atoms with Crippen LogP contribution in [0, 0.1) is 0 Å². The monoisotopic (exact) mass is 330 g/mol. The Morgan fingerprint density at radius 3 is 2.71 bits per heavy atom. The highest BCUT2D eigenvalue weighted by molar-refractivity contribution is 5.78. The van der Waals surface area contributed by atoms with Gasteiger partial charge in [0.1, 0.15) is 5.75 Å². The average molecular weight is 330 g/mol. The number of hydrogen-bond donors (Lipinski definition) is 0. The van der Waals surface area contributed by atoms with Gasteiger partial charge in [0.05, 0.1) is 25.1 Å². The summed E-state index contributed by atoms with van der Waals surface area (Å²) in [4.78, 5) is 28.6. The van der Waals surface area contributed by atoms with Crippen LogP contribution in [0.1, 0.15) is 38.5 Å². The Morgan fingerprint density at radius 1 is 1.17 bits per heavy atom. The molecule has 1 aromatic carbocycles. The maximum absolute atomic E-state index is 12.7. The number of benzene rings is 1. The molecule has 2 saturated heterocycles. The van der Waals surface area contributed by atoms with Gasteiger partial charge in [-0.3, -0.25) is 9.59 Å². The van der Waals surface area contributed by atoms with Crippen molar-refractivity contribution in [2.75, 3.05) is 20.2 Å². The molecule has 0 spiro atoms. The van der Waals surface area contributed by atoms with E-state index in [9.17, 15) is 9.59 Å². The van der Waals surface area contributed by atoms with Crippen LogP contribution in [0.25, 0.3) is 0 Å². The normalized spacial score (nSPS) is 24.3. The van der Waals surface area contributed by atoms with E-state index in [1.54, 1.807) is 0 Å². The minimum Gasteiger partial charge on any atom is -0.493 e. The zero-order valence-electron chi connectivity index (χ0n) is 14.3. The lowest BCUT2D eigenvalue weighted by molar-refractivity contribution is -0.141. The molecule has 0 aromatic heterocycles. The molecular formula is C19H26N2O3. The molecule has 2 aliphatic heterocycles. The molecule has 24 heavy (non-hydrogen) atoms. The lowest BCUT2D eigenvalue weighted by Gasteiger charge is -2.43. The van der Waals surface area contributed by atoms with Crippen molar-refractivity contribution >= 4 is 11.8 Å². The molecule has 130 valence electrons. The van der Waals surface area contributed by atoms with E-state index in [4.69, 9.17) is 4.74 Å². The maximum atomic E-state index is 12.7. The molecule has 5 nitrogen and oxygen atoms in total. The summed E-state index contributed by atoms with van der Waals surface area (Å²) in [6, 6.07) is 9.92. The van der Waals surface area contributed by atoms with E-state index in [0.717, 1.165) is 38.0 Å². The Balaban J connectivity index is 1.58. The van der Waals surface area contributed by atoms with Crippen LogP contribution in [0.2, 0.25) is 0 Å². The van der Waals surface area contributed by atoms with Gasteiger partial charge in [0.15, 0.2) is 0 Å². The Morgan fingerprint density at radius 2 is 1.92 bits per heavy atom. The summed E-state index contributed by atoms with van der Waals surface area (Å²) in [6.07, 6.45) is 4.74. The SMILES string of the molecule is CN1C(=O)CCC[C@@H]2[C@H]1CCCN2C(=O)CCOc1ccccc1. The molecule has 3 rings (SSSR count). The highest BCUT2D eigenvalue weighted by Crippen LogP contribution is 2.29. The number of hydrogen-bond acceptors (Lipinski definition) is 3. The molecule has 2 atom stereocenters. The van der Waals surface area contributed by atoms with E-state index in [-0.39, 0.29) is 23.9 Å². The average Bonchev–Trinajstić information content (AvgIpc) is 2.75. The third-order valence-corrected chi connectivity index (χ3v) is 5.17. The topological polar surface area (TPSA) is 49.9 Å². The van der Waals surface area contributed by atoms with Gasteiger partial charge in [-0.2, -0.15) is 0 Å². The molecule has 0 aliphatic carbocycles. The van der Waals surface area contributed by atoms with Crippen molar-refractivity contribution in [3.63, 3.8) is 0 Å². The van der Waals surface area contributed by atoms with E-state index in [2.05, 4.69) is 0 Å². The fourth-order valence-electron chi connectivity index (χ4n) is 3.89. The number of nitrogens with zero attached hydrogens (tertiary/aromatic N) is 2. The first-order valence-electron chi connectivity index (χ1n) is 8.90. The van der Waals surface area contributed by atoms with Crippen LogP contribution in [0.4, 0.5) is 0 Å². The molecular weight excluding hydrogens is 304 g/mol. The smallest absolute Gasteiger partial charge is 0.226 e. The first kappa shape index (κ1) is 16.8. The highest BCUT2D eigenvalue weighted by atomic mass is 16.5. The Kier molecular flexibility index (Phi) is 5.38. The number of likely N-dealkylation sites (tertiary alicyclic amines) is 2. The van der Waals surface area contributed by atoms with Crippen molar-refractivity contribution in [2.24, 2.45) is 0 Å². The van der Waals surface area contributed by atoms with Gasteiger partial charge in [0.2, 0.25) is 11.8 Å². The first-order chi connectivity index (χ1) is 11.7. The molecule has 0 radical (unpaired) electrons. The third-order valence-electron chi connectivity index (χ3n) is 5.17. The predicted molar refractivity (Wildman–Crippen MR) is 91.7 cm³/mol. The first-order valence-corrected chi connectivity index (χ1v) is 8.90.